The Kier molecular flexibility index (Phi) is 16.4. The molecule has 0 fully saturated rings. The monoisotopic (exact) mass is 634 g/mol. The average Bonchev–Trinajstić information content (AvgIpc) is 3.32. The Labute approximate surface area is 254 Å². The van der Waals surface area contributed by atoms with E-state index < -0.39 is 0 Å². The molecule has 1 heterocycles. The third kappa shape index (κ3) is 12.4. The van der Waals surface area contributed by atoms with Crippen molar-refractivity contribution in [2.45, 2.75) is 97.4 Å². The van der Waals surface area contributed by atoms with Gasteiger partial charge in [0, 0.05) is 23.7 Å². The predicted octanol–water partition coefficient (Wildman–Crippen LogP) is 6.38. The number of anilines is 1. The van der Waals surface area contributed by atoms with Gasteiger partial charge in [-0.15, -0.1) is 0 Å². The maximum absolute atomic E-state index is 12.7. The molecule has 39 heavy (non-hydrogen) atoms. The van der Waals surface area contributed by atoms with Crippen LogP contribution in [0.1, 0.15) is 105 Å². The second-order valence-electron chi connectivity index (χ2n) is 10.1. The number of aryl methyl sites for hydroxylation is 1. The molecule has 1 aromatic heterocycles. The van der Waals surface area contributed by atoms with Crippen molar-refractivity contribution < 1.29 is 31.1 Å². The smallest absolute Gasteiger partial charge is 0.255 e. The van der Waals surface area contributed by atoms with Gasteiger partial charge >= 0.3 is 0 Å². The lowest BCUT2D eigenvalue weighted by molar-refractivity contribution is -0.689. The van der Waals surface area contributed by atoms with E-state index in [-0.39, 0.29) is 22.9 Å². The van der Waals surface area contributed by atoms with Gasteiger partial charge in [-0.2, -0.15) is 4.57 Å². The molecule has 0 bridgehead atoms. The molecule has 3 rings (SSSR count). The van der Waals surface area contributed by atoms with E-state index >= 15 is 0 Å². The largest absolute Gasteiger partial charge is 1.00 e. The van der Waals surface area contributed by atoms with Crippen LogP contribution in [0.25, 0.3) is 0 Å². The van der Waals surface area contributed by atoms with Crippen LogP contribution in [0.2, 0.25) is 5.02 Å². The molecule has 0 spiro atoms. The molecule has 0 unspecified atom stereocenters. The topological polar surface area (TPSA) is 42.2 Å². The van der Waals surface area contributed by atoms with Crippen LogP contribution in [-0.2, 0) is 6.54 Å². The van der Waals surface area contributed by atoms with Gasteiger partial charge in [0.2, 0.25) is 5.01 Å². The van der Waals surface area contributed by atoms with Crippen LogP contribution in [0.5, 0.6) is 5.75 Å². The average molecular weight is 636 g/mol. The summed E-state index contributed by atoms with van der Waals surface area (Å²) in [5.74, 6) is 0.451. The number of amides is 1. The highest BCUT2D eigenvalue weighted by Crippen LogP contribution is 2.26. The number of thiazole rings is 1. The SMILES string of the molecule is CCCCCCCCCCCCCCOc1ccc(C(=O)Nc2ccc(C[n+]3ccsc3C)cc2)cc1Cl.[Br-]. The first-order valence-electron chi connectivity index (χ1n) is 14.3. The third-order valence-electron chi connectivity index (χ3n) is 6.90. The maximum Gasteiger partial charge on any atom is 0.255 e. The van der Waals surface area contributed by atoms with E-state index in [2.05, 4.69) is 35.3 Å². The number of ether oxygens (including phenoxy) is 1. The van der Waals surface area contributed by atoms with Crippen molar-refractivity contribution in [3.05, 3.63) is 75.2 Å². The van der Waals surface area contributed by atoms with Crippen molar-refractivity contribution in [2.24, 2.45) is 0 Å². The molecule has 0 atom stereocenters. The van der Waals surface area contributed by atoms with E-state index in [1.807, 2.05) is 24.3 Å². The van der Waals surface area contributed by atoms with Gasteiger partial charge < -0.3 is 27.0 Å². The Bertz CT molecular complexity index is 1100. The summed E-state index contributed by atoms with van der Waals surface area (Å²) in [7, 11) is 0. The summed E-state index contributed by atoms with van der Waals surface area (Å²) in [6, 6.07) is 13.2. The summed E-state index contributed by atoms with van der Waals surface area (Å²) < 4.78 is 8.09. The van der Waals surface area contributed by atoms with Gasteiger partial charge in [-0.05, 0) is 36.8 Å². The van der Waals surface area contributed by atoms with E-state index in [9.17, 15) is 4.79 Å². The first kappa shape index (κ1) is 33.3. The van der Waals surface area contributed by atoms with Crippen molar-refractivity contribution >= 4 is 34.5 Å². The standard InChI is InChI=1S/C32H43ClN2O2S.BrH/c1-3-4-5-6-7-8-9-10-11-12-13-14-22-37-31-20-17-28(24-30(31)33)32(36)34-29-18-15-27(16-19-29)25-35-21-23-38-26(35)2;/h15-21,23-24H,3-14,22,25H2,1-2H3;1H. The van der Waals surface area contributed by atoms with Crippen LogP contribution in [0.4, 0.5) is 5.69 Å². The van der Waals surface area contributed by atoms with Crippen molar-refractivity contribution in [3.63, 3.8) is 0 Å². The number of aromatic nitrogens is 1. The quantitative estimate of drug-likeness (QED) is 0.130. The summed E-state index contributed by atoms with van der Waals surface area (Å²) in [5.41, 5.74) is 2.46. The number of hydrogen-bond acceptors (Lipinski definition) is 3. The number of carbonyl (C=O) groups is 1. The van der Waals surface area contributed by atoms with Gasteiger partial charge in [0.1, 0.15) is 5.75 Å². The van der Waals surface area contributed by atoms with E-state index in [0.29, 0.717) is 22.9 Å². The van der Waals surface area contributed by atoms with Gasteiger partial charge in [-0.3, -0.25) is 4.79 Å². The number of unbranched alkanes of at least 4 members (excludes halogenated alkanes) is 11. The molecule has 2 aromatic carbocycles. The minimum atomic E-state index is -0.185. The van der Waals surface area contributed by atoms with Gasteiger partial charge in [-0.25, -0.2) is 0 Å². The maximum atomic E-state index is 12.7. The molecule has 0 saturated heterocycles. The van der Waals surface area contributed by atoms with Crippen LogP contribution in [0.3, 0.4) is 0 Å². The summed E-state index contributed by atoms with van der Waals surface area (Å²) in [6.45, 7) is 5.85. The number of nitrogens with one attached hydrogen (secondary N) is 1. The number of rotatable bonds is 18. The molecule has 4 nitrogen and oxygen atoms in total. The molecule has 214 valence electrons. The van der Waals surface area contributed by atoms with Crippen LogP contribution in [0.15, 0.2) is 54.0 Å². The van der Waals surface area contributed by atoms with Crippen LogP contribution in [-0.4, -0.2) is 12.5 Å². The second kappa shape index (κ2) is 19.2. The van der Waals surface area contributed by atoms with E-state index in [1.165, 1.54) is 81.2 Å². The Morgan fingerprint density at radius 3 is 2.08 bits per heavy atom. The molecule has 3 aromatic rings. The molecule has 0 saturated carbocycles. The number of nitrogens with zero attached hydrogens (tertiary/aromatic N) is 1. The van der Waals surface area contributed by atoms with Gasteiger partial charge in [0.25, 0.3) is 5.91 Å². The summed E-state index contributed by atoms with van der Waals surface area (Å²) in [4.78, 5) is 12.7. The van der Waals surface area contributed by atoms with Crippen molar-refractivity contribution in [2.75, 3.05) is 11.9 Å². The number of halogens is 2. The minimum absolute atomic E-state index is 0. The lowest BCUT2D eigenvalue weighted by atomic mass is 10.1. The highest BCUT2D eigenvalue weighted by Gasteiger charge is 2.12. The summed E-state index contributed by atoms with van der Waals surface area (Å²) in [5, 5.41) is 6.78. The minimum Gasteiger partial charge on any atom is -1.00 e. The summed E-state index contributed by atoms with van der Waals surface area (Å²) in [6.07, 6.45) is 17.9. The zero-order valence-corrected chi connectivity index (χ0v) is 26.7. The molecule has 0 aliphatic carbocycles. The molecule has 0 aliphatic rings. The lowest BCUT2D eigenvalue weighted by Gasteiger charge is -2.10. The highest BCUT2D eigenvalue weighted by atomic mass is 79.9. The molecule has 0 aliphatic heterocycles. The predicted molar refractivity (Wildman–Crippen MR) is 161 cm³/mol. The number of carbonyl (C=O) groups excluding carboxylic acids is 1. The zero-order valence-electron chi connectivity index (χ0n) is 23.5. The van der Waals surface area contributed by atoms with Gasteiger partial charge in [0.05, 0.1) is 17.0 Å². The van der Waals surface area contributed by atoms with Gasteiger partial charge in [-0.1, -0.05) is 113 Å². The molecule has 0 radical (unpaired) electrons. The van der Waals surface area contributed by atoms with Crippen molar-refractivity contribution in [1.29, 1.82) is 0 Å². The highest BCUT2D eigenvalue weighted by molar-refractivity contribution is 7.09. The Morgan fingerprint density at radius 2 is 1.51 bits per heavy atom. The first-order chi connectivity index (χ1) is 18.6. The van der Waals surface area contributed by atoms with E-state index in [4.69, 9.17) is 16.3 Å². The molecule has 7 heteroatoms. The van der Waals surface area contributed by atoms with Gasteiger partial charge in [0.15, 0.2) is 12.7 Å². The van der Waals surface area contributed by atoms with E-state index in [0.717, 1.165) is 18.7 Å². The van der Waals surface area contributed by atoms with Crippen molar-refractivity contribution in [3.8, 4) is 5.75 Å². The Hall–Kier alpha value is -1.89. The Balaban J connectivity index is 0.00000533. The first-order valence-corrected chi connectivity index (χ1v) is 15.6. The lowest BCUT2D eigenvalue weighted by Crippen LogP contribution is -3.00. The summed E-state index contributed by atoms with van der Waals surface area (Å²) >= 11 is 8.16. The van der Waals surface area contributed by atoms with Crippen molar-refractivity contribution in [1.82, 2.24) is 0 Å². The normalized spacial score (nSPS) is 10.7. The zero-order chi connectivity index (χ0) is 27.0. The van der Waals surface area contributed by atoms with Crippen LogP contribution < -0.4 is 31.6 Å². The number of hydrogen-bond donors (Lipinski definition) is 1. The number of benzene rings is 2. The fraction of sp³-hybridized carbons (Fsp3) is 0.500. The molecular weight excluding hydrogens is 592 g/mol. The van der Waals surface area contributed by atoms with E-state index in [1.54, 1.807) is 29.5 Å². The fourth-order valence-corrected chi connectivity index (χ4v) is 5.42. The molecule has 1 N–H and O–H groups in total. The van der Waals surface area contributed by atoms with Crippen LogP contribution in [0, 0.1) is 6.92 Å². The molecule has 1 amide bonds. The Morgan fingerprint density at radius 1 is 0.897 bits per heavy atom. The molecular formula is C32H44BrClN2O2S. The van der Waals surface area contributed by atoms with Crippen LogP contribution >= 0.6 is 22.9 Å². The second-order valence-corrected chi connectivity index (χ2v) is 11.6. The third-order valence-corrected chi connectivity index (χ3v) is 8.03. The fourth-order valence-electron chi connectivity index (χ4n) is 4.52.